The molecule has 1 unspecified atom stereocenters. The Morgan fingerprint density at radius 3 is 2.15 bits per heavy atom. The predicted molar refractivity (Wildman–Crippen MR) is 125 cm³/mol. The van der Waals surface area contributed by atoms with Crippen LogP contribution in [0.5, 0.6) is 0 Å². The molecule has 0 spiro atoms. The van der Waals surface area contributed by atoms with Crippen molar-refractivity contribution < 1.29 is 14.8 Å². The molecule has 0 amide bonds. The number of hydrogen-bond donors (Lipinski definition) is 2. The van der Waals surface area contributed by atoms with Gasteiger partial charge in [0.2, 0.25) is 0 Å². The van der Waals surface area contributed by atoms with Gasteiger partial charge in [0, 0.05) is 0 Å². The molecule has 1 aromatic heterocycles. The van der Waals surface area contributed by atoms with Crippen LogP contribution in [0.25, 0.3) is 5.57 Å². The van der Waals surface area contributed by atoms with Crippen LogP contribution in [0.2, 0.25) is 23.6 Å². The van der Waals surface area contributed by atoms with E-state index in [1.54, 1.807) is 0 Å². The molecule has 2 nitrogen and oxygen atoms in total. The Hall–Kier alpha value is -0.289. The van der Waals surface area contributed by atoms with E-state index in [0.717, 1.165) is 0 Å². The smallest absolute Gasteiger partial charge is 0.147 e. The molecule has 0 saturated heterocycles. The van der Waals surface area contributed by atoms with Crippen LogP contribution in [0, 0.1) is 0 Å². The number of aromatic nitrogens is 1. The second-order valence-corrected chi connectivity index (χ2v) is 34.4. The molecule has 0 radical (unpaired) electrons. The van der Waals surface area contributed by atoms with Crippen LogP contribution in [-0.2, 0) is 14.8 Å². The molecule has 27 heavy (non-hydrogen) atoms. The van der Waals surface area contributed by atoms with E-state index in [1.807, 2.05) is 6.20 Å². The third kappa shape index (κ3) is 4.49. The summed E-state index contributed by atoms with van der Waals surface area (Å²) in [6, 6.07) is 13.3. The molecule has 0 aliphatic heterocycles. The number of fused-ring (bicyclic) bond motifs is 1. The van der Waals surface area contributed by atoms with Gasteiger partial charge in [-0.2, -0.15) is 0 Å². The van der Waals surface area contributed by atoms with Gasteiger partial charge in [0.1, 0.15) is 0 Å². The standard InChI is InChI=1S/C13H10N.C4H10N.C2H7Si.2CH3.2ClH.Ti/c1-2-5-11-10(4-1)7-8-12(11)13-6-3-9-14-13;1-4(2,3)5;1-3-2;;;;;/h1-9,14H;5H,1-3H3;3H,1-2H3;2*1H3;2*1H;/q;-1;;;;;;+1. The van der Waals surface area contributed by atoms with E-state index in [9.17, 15) is 0 Å². The van der Waals surface area contributed by atoms with Crippen LogP contribution >= 0.6 is 24.8 Å². The van der Waals surface area contributed by atoms with Gasteiger partial charge in [0.25, 0.3) is 0 Å². The van der Waals surface area contributed by atoms with E-state index in [2.05, 4.69) is 95.6 Å². The van der Waals surface area contributed by atoms with Crippen molar-refractivity contribution >= 4 is 37.1 Å². The molecule has 1 aliphatic carbocycles. The van der Waals surface area contributed by atoms with E-state index >= 15 is 0 Å². The molecule has 1 aliphatic rings. The molecule has 3 rings (SSSR count). The van der Waals surface area contributed by atoms with Crippen molar-refractivity contribution in [2.24, 2.45) is 0 Å². The number of allylic oxidation sites excluding steroid dienone is 1. The van der Waals surface area contributed by atoms with Crippen molar-refractivity contribution in [2.75, 3.05) is 0 Å². The van der Waals surface area contributed by atoms with Gasteiger partial charge in [-0.05, 0) is 0 Å². The Morgan fingerprint density at radius 1 is 1.00 bits per heavy atom. The minimum Gasteiger partial charge on any atom is -0.147 e. The Balaban J connectivity index is 0.00000182. The number of halogens is 2. The van der Waals surface area contributed by atoms with Crippen LogP contribution in [0.15, 0.2) is 48.7 Å². The zero-order valence-corrected chi connectivity index (χ0v) is 21.9. The van der Waals surface area contributed by atoms with Crippen LogP contribution < -0.4 is 3.80 Å². The average molecular weight is 462 g/mol. The average Bonchev–Trinajstić information content (AvgIpc) is 3.12. The van der Waals surface area contributed by atoms with Gasteiger partial charge in [-0.3, -0.25) is 0 Å². The maximum absolute atomic E-state index is 4.26. The minimum atomic E-state index is -2.97. The van der Waals surface area contributed by atoms with E-state index in [-0.39, 0.29) is 30.4 Å². The summed E-state index contributed by atoms with van der Waals surface area (Å²) in [4.78, 5) is 3.43. The van der Waals surface area contributed by atoms with Crippen molar-refractivity contribution in [3.63, 3.8) is 0 Å². The van der Waals surface area contributed by atoms with Gasteiger partial charge in [-0.15, -0.1) is 24.8 Å². The predicted octanol–water partition coefficient (Wildman–Crippen LogP) is 6.42. The zero-order chi connectivity index (χ0) is 18.5. The first-order chi connectivity index (χ1) is 11.5. The fraction of sp³-hybridized carbons (Fsp3) is 0.429. The van der Waals surface area contributed by atoms with Gasteiger partial charge < -0.3 is 0 Å². The van der Waals surface area contributed by atoms with Gasteiger partial charge >= 0.3 is 155 Å². The Morgan fingerprint density at radius 2 is 1.63 bits per heavy atom. The summed E-state index contributed by atoms with van der Waals surface area (Å²) in [6.07, 6.45) is 4.61. The van der Waals surface area contributed by atoms with E-state index in [1.165, 1.54) is 22.4 Å². The summed E-state index contributed by atoms with van der Waals surface area (Å²) in [6.45, 7) is 11.2. The Bertz CT molecular complexity index is 808. The molecule has 0 bridgehead atoms. The van der Waals surface area contributed by atoms with Crippen LogP contribution in [0.4, 0.5) is 0 Å². The molecule has 2 N–H and O–H groups in total. The number of hydrogen-bond acceptors (Lipinski definition) is 1. The van der Waals surface area contributed by atoms with Crippen molar-refractivity contribution in [3.8, 4) is 0 Å². The number of H-pyrrole nitrogens is 1. The molecule has 6 heteroatoms. The van der Waals surface area contributed by atoms with E-state index in [0.29, 0.717) is 4.22 Å². The first-order valence-electron chi connectivity index (χ1n) is 9.46. The van der Waals surface area contributed by atoms with Gasteiger partial charge in [0.15, 0.2) is 0 Å². The maximum Gasteiger partial charge on any atom is -0.147 e. The first-order valence-corrected chi connectivity index (χ1v) is 19.9. The molecule has 151 valence electrons. The summed E-state index contributed by atoms with van der Waals surface area (Å²) >= 11 is -2.97. The van der Waals surface area contributed by atoms with Crippen molar-refractivity contribution in [1.29, 1.82) is 0 Å². The summed E-state index contributed by atoms with van der Waals surface area (Å²) in [5, 5.41) is 5.30. The number of benzene rings is 1. The van der Waals surface area contributed by atoms with Crippen molar-refractivity contribution in [1.82, 2.24) is 8.78 Å². The normalized spacial score (nSPS) is 18.0. The molecule has 0 saturated carbocycles. The van der Waals surface area contributed by atoms with Crippen LogP contribution in [-0.4, -0.2) is 17.2 Å². The summed E-state index contributed by atoms with van der Waals surface area (Å²) in [5.74, 6) is 0. The Kier molecular flexibility index (Phi) is 7.53. The SMILES string of the molecule is C[SiH](C)[Ti]([CH3])([CH3])([NH]C(C)(C)C)[CH]1C=C(c2ccc[nH]2)c2ccccc21.Cl.Cl. The van der Waals surface area contributed by atoms with Crippen LogP contribution in [0.1, 0.15) is 41.8 Å². The molecule has 1 atom stereocenters. The number of aromatic amines is 1. The second kappa shape index (κ2) is 8.22. The summed E-state index contributed by atoms with van der Waals surface area (Å²) in [5.41, 5.74) is 5.72. The molecular weight excluding hydrogens is 427 g/mol. The van der Waals surface area contributed by atoms with Gasteiger partial charge in [0.05, 0.1) is 0 Å². The molecular formula is C21H35Cl2N2SiTi. The van der Waals surface area contributed by atoms with E-state index < -0.39 is 21.5 Å². The quantitative estimate of drug-likeness (QED) is 0.505. The van der Waals surface area contributed by atoms with Crippen LogP contribution in [0.3, 0.4) is 0 Å². The Labute approximate surface area is 179 Å². The molecule has 2 aromatic rings. The first kappa shape index (κ1) is 24.7. The third-order valence-corrected chi connectivity index (χ3v) is 34.7. The summed E-state index contributed by atoms with van der Waals surface area (Å²) < 4.78 is 4.81. The molecule has 0 fully saturated rings. The fourth-order valence-electron chi connectivity index (χ4n) is 4.59. The summed E-state index contributed by atoms with van der Waals surface area (Å²) in [7, 11) is 0. The maximum atomic E-state index is 4.26. The fourth-order valence-corrected chi connectivity index (χ4v) is 20.1. The monoisotopic (exact) mass is 461 g/mol. The molecule has 1 heterocycles. The minimum absolute atomic E-state index is 0. The second-order valence-electron chi connectivity index (χ2n) is 9.87. The molecule has 1 aromatic carbocycles. The largest absolute Gasteiger partial charge is 0.147 e. The topological polar surface area (TPSA) is 27.8 Å². The number of nitrogens with one attached hydrogen (secondary N) is 2. The third-order valence-electron chi connectivity index (χ3n) is 6.31. The van der Waals surface area contributed by atoms with Crippen molar-refractivity contribution in [2.45, 2.75) is 54.1 Å². The van der Waals surface area contributed by atoms with Gasteiger partial charge in [-0.1, -0.05) is 0 Å². The number of rotatable bonds is 4. The van der Waals surface area contributed by atoms with E-state index in [4.69, 9.17) is 0 Å². The van der Waals surface area contributed by atoms with Crippen molar-refractivity contribution in [3.05, 3.63) is 65.5 Å². The zero-order valence-electron chi connectivity index (χ0n) is 17.6. The van der Waals surface area contributed by atoms with Gasteiger partial charge in [-0.25, -0.2) is 0 Å².